The van der Waals surface area contributed by atoms with Crippen molar-refractivity contribution in [2.24, 2.45) is 0 Å². The lowest BCUT2D eigenvalue weighted by Gasteiger charge is -2.14. The normalized spacial score (nSPS) is 14.5. The fourth-order valence-corrected chi connectivity index (χ4v) is 4.11. The summed E-state index contributed by atoms with van der Waals surface area (Å²) in [5.41, 5.74) is 0.729. The van der Waals surface area contributed by atoms with Crippen LogP contribution in [-0.2, 0) is 4.79 Å². The molecule has 132 valence electrons. The van der Waals surface area contributed by atoms with Gasteiger partial charge in [-0.3, -0.25) is 4.79 Å². The maximum atomic E-state index is 13.5. The van der Waals surface area contributed by atoms with E-state index in [1.165, 1.54) is 31.7 Å². The van der Waals surface area contributed by atoms with Crippen molar-refractivity contribution in [2.75, 3.05) is 11.9 Å². The number of halogens is 2. The summed E-state index contributed by atoms with van der Waals surface area (Å²) in [6.45, 7) is -0.342. The van der Waals surface area contributed by atoms with Gasteiger partial charge >= 0.3 is 0 Å². The Morgan fingerprint density at radius 2 is 1.92 bits per heavy atom. The number of para-hydroxylation sites is 1. The Kier molecular flexibility index (Phi) is 5.91. The third-order valence-electron chi connectivity index (χ3n) is 4.01. The average Bonchev–Trinajstić information content (AvgIpc) is 3.09. The lowest BCUT2D eigenvalue weighted by Crippen LogP contribution is -2.21. The quantitative estimate of drug-likeness (QED) is 0.783. The van der Waals surface area contributed by atoms with Crippen LogP contribution in [0.1, 0.15) is 25.7 Å². The molecule has 0 aliphatic heterocycles. The lowest BCUT2D eigenvalue weighted by atomic mass is 10.3. The predicted octanol–water partition coefficient (Wildman–Crippen LogP) is 5.02. The van der Waals surface area contributed by atoms with E-state index < -0.39 is 11.6 Å². The van der Waals surface area contributed by atoms with Crippen LogP contribution in [0.15, 0.2) is 47.4 Å². The van der Waals surface area contributed by atoms with Gasteiger partial charge in [-0.05, 0) is 37.1 Å². The van der Waals surface area contributed by atoms with Crippen LogP contribution in [0.2, 0.25) is 0 Å². The number of hydrogen-bond acceptors (Lipinski definition) is 3. The molecule has 1 fully saturated rings. The molecule has 25 heavy (non-hydrogen) atoms. The van der Waals surface area contributed by atoms with Crippen molar-refractivity contribution in [1.29, 1.82) is 0 Å². The van der Waals surface area contributed by atoms with Gasteiger partial charge in [0.2, 0.25) is 0 Å². The van der Waals surface area contributed by atoms with Gasteiger partial charge in [0.1, 0.15) is 5.82 Å². The maximum absolute atomic E-state index is 13.5. The van der Waals surface area contributed by atoms with E-state index in [9.17, 15) is 13.6 Å². The van der Waals surface area contributed by atoms with Gasteiger partial charge in [0.25, 0.3) is 5.91 Å². The van der Waals surface area contributed by atoms with E-state index in [0.29, 0.717) is 5.25 Å². The highest BCUT2D eigenvalue weighted by atomic mass is 32.2. The van der Waals surface area contributed by atoms with Crippen molar-refractivity contribution in [1.82, 2.24) is 0 Å². The minimum Gasteiger partial charge on any atom is -0.481 e. The van der Waals surface area contributed by atoms with Crippen molar-refractivity contribution in [3.05, 3.63) is 54.1 Å². The molecular weight excluding hydrogens is 344 g/mol. The van der Waals surface area contributed by atoms with Crippen LogP contribution in [0.25, 0.3) is 0 Å². The molecule has 0 saturated heterocycles. The molecule has 1 aliphatic carbocycles. The molecule has 0 atom stereocenters. The molecule has 0 bridgehead atoms. The van der Waals surface area contributed by atoms with E-state index in [2.05, 4.69) is 5.32 Å². The molecule has 2 aromatic rings. The first-order valence-corrected chi connectivity index (χ1v) is 9.13. The van der Waals surface area contributed by atoms with Crippen molar-refractivity contribution < 1.29 is 18.3 Å². The molecule has 6 heteroatoms. The number of ether oxygens (including phenoxy) is 1. The third kappa shape index (κ3) is 4.95. The second-order valence-corrected chi connectivity index (χ2v) is 7.27. The number of thioether (sulfide) groups is 1. The van der Waals surface area contributed by atoms with Gasteiger partial charge in [0.05, 0.1) is 5.69 Å². The molecular formula is C19H19F2NO2S. The van der Waals surface area contributed by atoms with Crippen LogP contribution in [0.3, 0.4) is 0 Å². The molecule has 1 saturated carbocycles. The third-order valence-corrected chi connectivity index (χ3v) is 5.42. The van der Waals surface area contributed by atoms with Gasteiger partial charge in [-0.2, -0.15) is 0 Å². The molecule has 3 nitrogen and oxygen atoms in total. The van der Waals surface area contributed by atoms with Crippen molar-refractivity contribution in [2.45, 2.75) is 35.8 Å². The molecule has 2 aromatic carbocycles. The van der Waals surface area contributed by atoms with Gasteiger partial charge in [0.15, 0.2) is 18.2 Å². The minimum absolute atomic E-state index is 0.148. The van der Waals surface area contributed by atoms with Crippen molar-refractivity contribution in [3.8, 4) is 5.75 Å². The summed E-state index contributed by atoms with van der Waals surface area (Å²) >= 11 is 1.78. The highest BCUT2D eigenvalue weighted by Gasteiger charge is 2.18. The first-order valence-electron chi connectivity index (χ1n) is 8.25. The summed E-state index contributed by atoms with van der Waals surface area (Å²) in [4.78, 5) is 13.1. The minimum atomic E-state index is -0.829. The van der Waals surface area contributed by atoms with E-state index in [-0.39, 0.29) is 18.3 Å². The smallest absolute Gasteiger partial charge is 0.262 e. The summed E-state index contributed by atoms with van der Waals surface area (Å²) < 4.78 is 31.5. The van der Waals surface area contributed by atoms with Gasteiger partial charge in [-0.25, -0.2) is 8.78 Å². The van der Waals surface area contributed by atoms with Crippen LogP contribution in [-0.4, -0.2) is 17.8 Å². The van der Waals surface area contributed by atoms with Gasteiger partial charge in [0, 0.05) is 16.2 Å². The summed E-state index contributed by atoms with van der Waals surface area (Å²) in [7, 11) is 0. The van der Waals surface area contributed by atoms with E-state index in [4.69, 9.17) is 4.74 Å². The Morgan fingerprint density at radius 1 is 1.16 bits per heavy atom. The first-order chi connectivity index (χ1) is 12.1. The monoisotopic (exact) mass is 363 g/mol. The number of nitrogens with one attached hydrogen (secondary N) is 1. The maximum Gasteiger partial charge on any atom is 0.262 e. The SMILES string of the molecule is O=C(COc1ccc(F)cc1F)Nc1ccccc1SC1CCCC1. The molecule has 0 aromatic heterocycles. The predicted molar refractivity (Wildman–Crippen MR) is 95.0 cm³/mol. The Labute approximate surface area is 149 Å². The largest absolute Gasteiger partial charge is 0.481 e. The van der Waals surface area contributed by atoms with Gasteiger partial charge in [-0.1, -0.05) is 25.0 Å². The highest BCUT2D eigenvalue weighted by molar-refractivity contribution is 8.00. The van der Waals surface area contributed by atoms with Crippen LogP contribution >= 0.6 is 11.8 Å². The number of carbonyl (C=O) groups is 1. The van der Waals surface area contributed by atoms with Crippen LogP contribution in [0, 0.1) is 11.6 Å². The number of hydrogen-bond donors (Lipinski definition) is 1. The van der Waals surface area contributed by atoms with Gasteiger partial charge in [-0.15, -0.1) is 11.8 Å². The van der Waals surface area contributed by atoms with Crippen LogP contribution in [0.5, 0.6) is 5.75 Å². The molecule has 1 aliphatic rings. The zero-order chi connectivity index (χ0) is 17.6. The Bertz CT molecular complexity index is 748. The van der Waals surface area contributed by atoms with E-state index >= 15 is 0 Å². The van der Waals surface area contributed by atoms with Crippen LogP contribution in [0.4, 0.5) is 14.5 Å². The highest BCUT2D eigenvalue weighted by Crippen LogP contribution is 2.37. The average molecular weight is 363 g/mol. The second-order valence-electron chi connectivity index (χ2n) is 5.93. The molecule has 1 amide bonds. The topological polar surface area (TPSA) is 38.3 Å². The number of rotatable bonds is 6. The first kappa shape index (κ1) is 17.7. The van der Waals surface area contributed by atoms with Crippen LogP contribution < -0.4 is 10.1 Å². The van der Waals surface area contributed by atoms with E-state index in [1.54, 1.807) is 11.8 Å². The molecule has 0 heterocycles. The molecule has 0 unspecified atom stereocenters. The molecule has 0 radical (unpaired) electrons. The number of amides is 1. The number of carbonyl (C=O) groups excluding carboxylic acids is 1. The van der Waals surface area contributed by atoms with Crippen molar-refractivity contribution in [3.63, 3.8) is 0 Å². The lowest BCUT2D eigenvalue weighted by molar-refractivity contribution is -0.118. The second kappa shape index (κ2) is 8.34. The molecule has 0 spiro atoms. The zero-order valence-electron chi connectivity index (χ0n) is 13.6. The summed E-state index contributed by atoms with van der Waals surface area (Å²) in [6, 6.07) is 10.6. The van der Waals surface area contributed by atoms with E-state index in [1.807, 2.05) is 24.3 Å². The number of anilines is 1. The van der Waals surface area contributed by atoms with Gasteiger partial charge < -0.3 is 10.1 Å². The molecule has 1 N–H and O–H groups in total. The standard InChI is InChI=1S/C19H19F2NO2S/c20-13-9-10-17(15(21)11-13)24-12-19(23)22-16-7-3-4-8-18(16)25-14-5-1-2-6-14/h3-4,7-11,14H,1-2,5-6,12H2,(H,22,23). The fourth-order valence-electron chi connectivity index (χ4n) is 2.78. The molecule has 3 rings (SSSR count). The Morgan fingerprint density at radius 3 is 2.68 bits per heavy atom. The zero-order valence-corrected chi connectivity index (χ0v) is 14.5. The Hall–Kier alpha value is -2.08. The Balaban J connectivity index is 1.59. The fraction of sp³-hybridized carbons (Fsp3) is 0.316. The summed E-state index contributed by atoms with van der Waals surface area (Å²) in [5.74, 6) is -2.05. The summed E-state index contributed by atoms with van der Waals surface area (Å²) in [6.07, 6.45) is 4.90. The summed E-state index contributed by atoms with van der Waals surface area (Å²) in [5, 5.41) is 3.39. The number of benzene rings is 2. The van der Waals surface area contributed by atoms with Crippen molar-refractivity contribution >= 4 is 23.4 Å². The van der Waals surface area contributed by atoms with E-state index in [0.717, 1.165) is 22.7 Å².